The molecule has 2 aliphatic rings. The van der Waals surface area contributed by atoms with Gasteiger partial charge in [0.2, 0.25) is 0 Å². The van der Waals surface area contributed by atoms with Crippen molar-refractivity contribution in [1.82, 2.24) is 0 Å². The summed E-state index contributed by atoms with van der Waals surface area (Å²) in [4.78, 5) is 5.07. The Labute approximate surface area is 441 Å². The van der Waals surface area contributed by atoms with Crippen molar-refractivity contribution in [3.05, 3.63) is 272 Å². The summed E-state index contributed by atoms with van der Waals surface area (Å²) in [5.41, 5.74) is 24.2. The quantitative estimate of drug-likeness (QED) is 0.142. The molecule has 0 aromatic heterocycles. The second-order valence-electron chi connectivity index (χ2n) is 20.7. The molecule has 0 fully saturated rings. The molecule has 2 aliphatic heterocycles. The van der Waals surface area contributed by atoms with Gasteiger partial charge in [0.15, 0.2) is 0 Å². The molecule has 4 heteroatoms. The van der Waals surface area contributed by atoms with Crippen LogP contribution in [0.5, 0.6) is 0 Å². The molecule has 0 unspecified atom stereocenters. The molecule has 11 aromatic rings. The summed E-state index contributed by atoms with van der Waals surface area (Å²) in [5, 5.41) is 12.2. The number of nitrogens with zero attached hydrogens (tertiary/aromatic N) is 3. The molecule has 0 bridgehead atoms. The lowest BCUT2D eigenvalue weighted by atomic mass is 9.33. The molecular weight excluding hydrogens is 906 g/mol. The van der Waals surface area contributed by atoms with Crippen molar-refractivity contribution < 1.29 is 0 Å². The van der Waals surface area contributed by atoms with Gasteiger partial charge in [-0.25, -0.2) is 0 Å². The molecule has 0 spiro atoms. The van der Waals surface area contributed by atoms with Crippen LogP contribution >= 0.6 is 0 Å². The highest BCUT2D eigenvalue weighted by atomic mass is 15.2. The molecule has 354 valence electrons. The van der Waals surface area contributed by atoms with Crippen LogP contribution in [0.2, 0.25) is 0 Å². The van der Waals surface area contributed by atoms with Gasteiger partial charge in [0.05, 0.1) is 22.6 Å². The smallest absolute Gasteiger partial charge is 0.252 e. The Kier molecular flexibility index (Phi) is 11.2. The predicted molar refractivity (Wildman–Crippen MR) is 316 cm³/mol. The first-order valence-electron chi connectivity index (χ1n) is 25.9. The number of benzene rings is 11. The van der Waals surface area contributed by atoms with Crippen molar-refractivity contribution in [2.75, 3.05) is 9.80 Å². The Hall–Kier alpha value is -9.43. The topological polar surface area (TPSA) is 30.3 Å². The molecule has 0 aliphatic carbocycles. The number of para-hydroxylation sites is 2. The summed E-state index contributed by atoms with van der Waals surface area (Å²) >= 11 is 0. The first kappa shape index (κ1) is 45.4. The van der Waals surface area contributed by atoms with E-state index in [4.69, 9.17) is 0 Å². The van der Waals surface area contributed by atoms with Crippen molar-refractivity contribution in [3.63, 3.8) is 0 Å². The average molecular weight is 958 g/mol. The third-order valence-electron chi connectivity index (χ3n) is 15.2. The normalized spacial score (nSPS) is 12.4. The van der Waals surface area contributed by atoms with E-state index < -0.39 is 5.41 Å². The number of hydrogen-bond acceptors (Lipinski definition) is 3. The maximum atomic E-state index is 12.2. The zero-order valence-corrected chi connectivity index (χ0v) is 42.2. The highest BCUT2D eigenvalue weighted by Gasteiger charge is 2.47. The van der Waals surface area contributed by atoms with Gasteiger partial charge in [-0.2, -0.15) is 5.26 Å². The first-order valence-corrected chi connectivity index (χ1v) is 25.9. The Morgan fingerprint density at radius 1 is 0.333 bits per heavy atom. The number of fused-ring (bicyclic) bond motifs is 4. The van der Waals surface area contributed by atoms with E-state index in [1.807, 2.05) is 0 Å². The summed E-state index contributed by atoms with van der Waals surface area (Å²) in [6, 6.07) is 97.5. The van der Waals surface area contributed by atoms with Crippen LogP contribution in [0.25, 0.3) is 66.8 Å². The van der Waals surface area contributed by atoms with Gasteiger partial charge in [-0.1, -0.05) is 263 Å². The summed E-state index contributed by atoms with van der Waals surface area (Å²) < 4.78 is 0. The van der Waals surface area contributed by atoms with Crippen molar-refractivity contribution in [2.45, 2.75) is 26.2 Å². The fourth-order valence-corrected chi connectivity index (χ4v) is 11.8. The van der Waals surface area contributed by atoms with Gasteiger partial charge >= 0.3 is 0 Å². The lowest BCUT2D eigenvalue weighted by Gasteiger charge is -2.47. The molecule has 0 atom stereocenters. The molecule has 11 aromatic carbocycles. The minimum absolute atomic E-state index is 0.253. The number of hydrogen-bond donors (Lipinski definition) is 0. The van der Waals surface area contributed by atoms with Crippen molar-refractivity contribution in [1.29, 1.82) is 5.26 Å². The zero-order chi connectivity index (χ0) is 50.6. The second kappa shape index (κ2) is 18.6. The Morgan fingerprint density at radius 2 is 0.680 bits per heavy atom. The molecule has 13 rings (SSSR count). The third-order valence-corrected chi connectivity index (χ3v) is 15.2. The van der Waals surface area contributed by atoms with E-state index in [0.29, 0.717) is 5.56 Å². The van der Waals surface area contributed by atoms with E-state index >= 15 is 0 Å². The molecule has 75 heavy (non-hydrogen) atoms. The third kappa shape index (κ3) is 7.75. The van der Waals surface area contributed by atoms with Crippen molar-refractivity contribution in [2.24, 2.45) is 0 Å². The number of rotatable bonds is 8. The van der Waals surface area contributed by atoms with Gasteiger partial charge in [-0.3, -0.25) is 0 Å². The maximum Gasteiger partial charge on any atom is 0.252 e. The van der Waals surface area contributed by atoms with Crippen LogP contribution in [-0.4, -0.2) is 6.71 Å². The fourth-order valence-electron chi connectivity index (χ4n) is 11.8. The summed E-state index contributed by atoms with van der Waals surface area (Å²) in [6.45, 7) is 6.51. The Balaban J connectivity index is 1.24. The van der Waals surface area contributed by atoms with Crippen LogP contribution in [0.1, 0.15) is 31.9 Å². The molecule has 0 saturated heterocycles. The van der Waals surface area contributed by atoms with Crippen LogP contribution in [0.4, 0.5) is 34.1 Å². The molecule has 0 N–H and O–H groups in total. The van der Waals surface area contributed by atoms with E-state index in [-0.39, 0.29) is 6.71 Å². The van der Waals surface area contributed by atoms with E-state index in [2.05, 4.69) is 297 Å². The minimum atomic E-state index is -0.454. The van der Waals surface area contributed by atoms with E-state index in [0.717, 1.165) is 112 Å². The Morgan fingerprint density at radius 3 is 1.04 bits per heavy atom. The van der Waals surface area contributed by atoms with Gasteiger partial charge in [0.1, 0.15) is 6.07 Å². The average Bonchev–Trinajstić information content (AvgIpc) is 3.49. The summed E-state index contributed by atoms with van der Waals surface area (Å²) in [6.07, 6.45) is 0. The largest absolute Gasteiger partial charge is 0.310 e. The van der Waals surface area contributed by atoms with Crippen LogP contribution < -0.4 is 26.2 Å². The summed E-state index contributed by atoms with van der Waals surface area (Å²) in [7, 11) is 0. The highest BCUT2D eigenvalue weighted by Crippen LogP contribution is 2.55. The van der Waals surface area contributed by atoms with Crippen LogP contribution in [0.3, 0.4) is 0 Å². The monoisotopic (exact) mass is 957 g/mol. The molecular formula is C71H52BN3. The van der Waals surface area contributed by atoms with Crippen molar-refractivity contribution >= 4 is 57.2 Å². The second-order valence-corrected chi connectivity index (χ2v) is 20.7. The lowest BCUT2D eigenvalue weighted by Crippen LogP contribution is -2.62. The van der Waals surface area contributed by atoms with Crippen molar-refractivity contribution in [3.8, 4) is 72.8 Å². The molecule has 0 saturated carbocycles. The van der Waals surface area contributed by atoms with E-state index in [1.165, 1.54) is 10.9 Å². The van der Waals surface area contributed by atoms with Crippen LogP contribution in [-0.2, 0) is 5.41 Å². The zero-order valence-electron chi connectivity index (χ0n) is 42.2. The lowest BCUT2D eigenvalue weighted by molar-refractivity contribution is 0.589. The molecule has 2 heterocycles. The first-order chi connectivity index (χ1) is 36.9. The van der Waals surface area contributed by atoms with Gasteiger partial charge < -0.3 is 9.80 Å². The Bertz CT molecular complexity index is 3850. The fraction of sp³-hybridized carbons (Fsp3) is 0.0563. The molecule has 3 nitrogen and oxygen atoms in total. The maximum absolute atomic E-state index is 12.2. The standard InChI is InChI=1S/C71H52BN3/c1-71(2,3)61-46-66-67-70(60(61)47-73)75(69-58(52-32-18-8-19-33-52)38-23-39-59(69)53-34-20-9-21-35-53)65-45-55(49-26-12-5-13-27-49)41-43-63(65)72(67)62-42-40-54(48-24-10-4-11-25-48)44-64(62)74(66)68-56(50-28-14-6-15-29-50)36-22-37-57(68)51-30-16-7-17-31-51/h4-46H,1-3H3. The minimum Gasteiger partial charge on any atom is -0.310 e. The SMILES string of the molecule is CC(C)(C)c1cc2c3c(c1C#N)N(c1c(-c4ccccc4)cccc1-c1ccccc1)c1cc(-c4ccccc4)ccc1B3c1ccc(-c3ccccc3)cc1N2c1c(-c2ccccc2)cccc1-c1ccccc1. The van der Waals surface area contributed by atoms with E-state index in [9.17, 15) is 5.26 Å². The van der Waals surface area contributed by atoms with Gasteiger partial charge in [-0.05, 0) is 90.1 Å². The van der Waals surface area contributed by atoms with E-state index in [1.54, 1.807) is 0 Å². The van der Waals surface area contributed by atoms with Gasteiger partial charge in [-0.15, -0.1) is 0 Å². The van der Waals surface area contributed by atoms with Crippen LogP contribution in [0, 0.1) is 11.3 Å². The summed E-state index contributed by atoms with van der Waals surface area (Å²) in [5.74, 6) is 0. The predicted octanol–water partition coefficient (Wildman–Crippen LogP) is 16.9. The number of anilines is 6. The highest BCUT2D eigenvalue weighted by molar-refractivity contribution is 7.00. The van der Waals surface area contributed by atoms with Gasteiger partial charge in [0.25, 0.3) is 6.71 Å². The van der Waals surface area contributed by atoms with Crippen LogP contribution in [0.15, 0.2) is 261 Å². The number of nitriles is 1. The molecule has 0 amide bonds. The molecule has 0 radical (unpaired) electrons. The van der Waals surface area contributed by atoms with Gasteiger partial charge in [0, 0.05) is 39.3 Å².